The molecule has 3 N–H and O–H groups in total. The third-order valence-electron chi connectivity index (χ3n) is 3.64. The molecule has 0 radical (unpaired) electrons. The number of rotatable bonds is 3. The molecule has 1 unspecified atom stereocenters. The van der Waals surface area contributed by atoms with Crippen molar-refractivity contribution in [3.8, 4) is 0 Å². The molecule has 5 nitrogen and oxygen atoms in total. The van der Waals surface area contributed by atoms with Gasteiger partial charge < -0.3 is 15.7 Å². The van der Waals surface area contributed by atoms with E-state index < -0.39 is 5.97 Å². The third kappa shape index (κ3) is 2.39. The Hall–Kier alpha value is -1.78. The van der Waals surface area contributed by atoms with Gasteiger partial charge in [0.15, 0.2) is 0 Å². The smallest absolute Gasteiger partial charge is 0.338 e. The van der Waals surface area contributed by atoms with Gasteiger partial charge in [0.05, 0.1) is 17.4 Å². The summed E-state index contributed by atoms with van der Waals surface area (Å²) >= 11 is 0. The molecule has 0 amide bonds. The van der Waals surface area contributed by atoms with Gasteiger partial charge >= 0.3 is 5.97 Å². The number of aromatic carboxylic acids is 1. The maximum Gasteiger partial charge on any atom is 0.338 e. The molecule has 0 aromatic carbocycles. The standard InChI is InChI=1S/C13H19N3O2/c1-8(2)9-3-4-16(7-9)11-6-15-12(14)5-10(11)13(17)18/h5-6,8-9H,3-4,7H2,1-2H3,(H2,14,15)(H,17,18). The van der Waals surface area contributed by atoms with Crippen molar-refractivity contribution < 1.29 is 9.90 Å². The number of nitrogen functional groups attached to an aromatic ring is 1. The van der Waals surface area contributed by atoms with Crippen molar-refractivity contribution in [2.45, 2.75) is 20.3 Å². The fourth-order valence-corrected chi connectivity index (χ4v) is 2.44. The minimum atomic E-state index is -0.952. The summed E-state index contributed by atoms with van der Waals surface area (Å²) < 4.78 is 0. The summed E-state index contributed by atoms with van der Waals surface area (Å²) in [5.41, 5.74) is 6.47. The van der Waals surface area contributed by atoms with Crippen molar-refractivity contribution >= 4 is 17.5 Å². The highest BCUT2D eigenvalue weighted by Gasteiger charge is 2.27. The first-order valence-corrected chi connectivity index (χ1v) is 6.22. The Morgan fingerprint density at radius 2 is 2.33 bits per heavy atom. The van der Waals surface area contributed by atoms with Crippen LogP contribution in [0.5, 0.6) is 0 Å². The molecule has 1 saturated heterocycles. The molecular weight excluding hydrogens is 230 g/mol. The van der Waals surface area contributed by atoms with Gasteiger partial charge in [-0.25, -0.2) is 9.78 Å². The molecule has 1 aromatic rings. The number of aromatic nitrogens is 1. The number of hydrogen-bond acceptors (Lipinski definition) is 4. The van der Waals surface area contributed by atoms with Crippen LogP contribution in [0.25, 0.3) is 0 Å². The van der Waals surface area contributed by atoms with Gasteiger partial charge in [-0.05, 0) is 24.3 Å². The number of carbonyl (C=O) groups is 1. The maximum atomic E-state index is 11.2. The van der Waals surface area contributed by atoms with Crippen LogP contribution >= 0.6 is 0 Å². The number of carboxylic acid groups (broad SMARTS) is 1. The predicted molar refractivity (Wildman–Crippen MR) is 70.8 cm³/mol. The molecule has 2 rings (SSSR count). The van der Waals surface area contributed by atoms with Gasteiger partial charge in [-0.3, -0.25) is 0 Å². The highest BCUT2D eigenvalue weighted by molar-refractivity contribution is 5.95. The highest BCUT2D eigenvalue weighted by atomic mass is 16.4. The molecule has 1 aliphatic heterocycles. The van der Waals surface area contributed by atoms with Crippen LogP contribution in [0.2, 0.25) is 0 Å². The molecule has 0 spiro atoms. The van der Waals surface area contributed by atoms with Crippen molar-refractivity contribution in [2.75, 3.05) is 23.7 Å². The molecule has 2 heterocycles. The normalized spacial score (nSPS) is 19.5. The van der Waals surface area contributed by atoms with Crippen LogP contribution in [-0.2, 0) is 0 Å². The topological polar surface area (TPSA) is 79.5 Å². The number of pyridine rings is 1. The Morgan fingerprint density at radius 3 is 2.89 bits per heavy atom. The maximum absolute atomic E-state index is 11.2. The minimum Gasteiger partial charge on any atom is -0.478 e. The molecule has 0 saturated carbocycles. The van der Waals surface area contributed by atoms with Crippen LogP contribution in [0.4, 0.5) is 11.5 Å². The summed E-state index contributed by atoms with van der Waals surface area (Å²) in [5, 5.41) is 9.22. The van der Waals surface area contributed by atoms with Crippen molar-refractivity contribution in [2.24, 2.45) is 11.8 Å². The average Bonchev–Trinajstić information content (AvgIpc) is 2.78. The second-order valence-electron chi connectivity index (χ2n) is 5.17. The Labute approximate surface area is 107 Å². The predicted octanol–water partition coefficient (Wildman–Crippen LogP) is 1.84. The quantitative estimate of drug-likeness (QED) is 0.854. The monoisotopic (exact) mass is 249 g/mol. The summed E-state index contributed by atoms with van der Waals surface area (Å²) in [6, 6.07) is 1.43. The van der Waals surface area contributed by atoms with Gasteiger partial charge in [-0.1, -0.05) is 13.8 Å². The summed E-state index contributed by atoms with van der Waals surface area (Å²) in [7, 11) is 0. The lowest BCUT2D eigenvalue weighted by molar-refractivity contribution is 0.0697. The van der Waals surface area contributed by atoms with Crippen molar-refractivity contribution in [1.29, 1.82) is 0 Å². The number of carboxylic acids is 1. The molecule has 5 heteroatoms. The number of nitrogens with two attached hydrogens (primary N) is 1. The molecule has 0 bridgehead atoms. The molecule has 1 fully saturated rings. The van der Waals surface area contributed by atoms with E-state index in [9.17, 15) is 9.90 Å². The second kappa shape index (κ2) is 4.84. The van der Waals surface area contributed by atoms with E-state index in [1.807, 2.05) is 0 Å². The number of anilines is 2. The summed E-state index contributed by atoms with van der Waals surface area (Å²) in [6.07, 6.45) is 2.67. The first-order valence-electron chi connectivity index (χ1n) is 6.22. The molecular formula is C13H19N3O2. The van der Waals surface area contributed by atoms with E-state index >= 15 is 0 Å². The molecule has 1 atom stereocenters. The van der Waals surface area contributed by atoms with Crippen LogP contribution in [0.3, 0.4) is 0 Å². The zero-order chi connectivity index (χ0) is 13.3. The zero-order valence-electron chi connectivity index (χ0n) is 10.8. The fourth-order valence-electron chi connectivity index (χ4n) is 2.44. The van der Waals surface area contributed by atoms with Gasteiger partial charge in [0, 0.05) is 13.1 Å². The van der Waals surface area contributed by atoms with E-state index in [-0.39, 0.29) is 11.4 Å². The molecule has 0 aliphatic carbocycles. The van der Waals surface area contributed by atoms with Gasteiger partial charge in [-0.2, -0.15) is 0 Å². The molecule has 18 heavy (non-hydrogen) atoms. The second-order valence-corrected chi connectivity index (χ2v) is 5.17. The van der Waals surface area contributed by atoms with E-state index in [1.54, 1.807) is 6.20 Å². The van der Waals surface area contributed by atoms with Crippen LogP contribution in [0.15, 0.2) is 12.3 Å². The fraction of sp³-hybridized carbons (Fsp3) is 0.538. The van der Waals surface area contributed by atoms with Gasteiger partial charge in [-0.15, -0.1) is 0 Å². The summed E-state index contributed by atoms with van der Waals surface area (Å²) in [5.74, 6) is 0.525. The molecule has 1 aliphatic rings. The van der Waals surface area contributed by atoms with E-state index in [0.717, 1.165) is 19.5 Å². The van der Waals surface area contributed by atoms with E-state index in [2.05, 4.69) is 23.7 Å². The summed E-state index contributed by atoms with van der Waals surface area (Å²) in [6.45, 7) is 6.18. The van der Waals surface area contributed by atoms with Crippen LogP contribution in [0.1, 0.15) is 30.6 Å². The Morgan fingerprint density at radius 1 is 1.61 bits per heavy atom. The number of hydrogen-bond donors (Lipinski definition) is 2. The first kappa shape index (κ1) is 12.7. The molecule has 98 valence electrons. The van der Waals surface area contributed by atoms with E-state index in [4.69, 9.17) is 5.73 Å². The Bertz CT molecular complexity index is 460. The zero-order valence-corrected chi connectivity index (χ0v) is 10.8. The van der Waals surface area contributed by atoms with Crippen LogP contribution < -0.4 is 10.6 Å². The average molecular weight is 249 g/mol. The first-order chi connectivity index (χ1) is 8.49. The minimum absolute atomic E-state index is 0.243. The van der Waals surface area contributed by atoms with Crippen molar-refractivity contribution in [1.82, 2.24) is 4.98 Å². The van der Waals surface area contributed by atoms with Crippen molar-refractivity contribution in [3.05, 3.63) is 17.8 Å². The van der Waals surface area contributed by atoms with Crippen LogP contribution in [0, 0.1) is 11.8 Å². The third-order valence-corrected chi connectivity index (χ3v) is 3.64. The highest BCUT2D eigenvalue weighted by Crippen LogP contribution is 2.30. The lowest BCUT2D eigenvalue weighted by atomic mass is 9.95. The summed E-state index contributed by atoms with van der Waals surface area (Å²) in [4.78, 5) is 17.3. The van der Waals surface area contributed by atoms with Crippen LogP contribution in [-0.4, -0.2) is 29.1 Å². The van der Waals surface area contributed by atoms with Gasteiger partial charge in [0.1, 0.15) is 5.82 Å². The van der Waals surface area contributed by atoms with E-state index in [1.165, 1.54) is 6.07 Å². The molecule has 1 aromatic heterocycles. The van der Waals surface area contributed by atoms with Gasteiger partial charge in [0.2, 0.25) is 0 Å². The Balaban J connectivity index is 2.27. The number of nitrogens with zero attached hydrogens (tertiary/aromatic N) is 2. The largest absolute Gasteiger partial charge is 0.478 e. The Kier molecular flexibility index (Phi) is 3.41. The van der Waals surface area contributed by atoms with Gasteiger partial charge in [0.25, 0.3) is 0 Å². The van der Waals surface area contributed by atoms with Crippen molar-refractivity contribution in [3.63, 3.8) is 0 Å². The van der Waals surface area contributed by atoms with E-state index in [0.29, 0.717) is 17.5 Å². The lowest BCUT2D eigenvalue weighted by Gasteiger charge is -2.21. The SMILES string of the molecule is CC(C)C1CCN(c2cnc(N)cc2C(=O)O)C1. The lowest BCUT2D eigenvalue weighted by Crippen LogP contribution is -2.23.